The molecule has 0 spiro atoms. The molecule has 5 heteroatoms. The minimum absolute atomic E-state index is 0.806. The molecule has 3 N–H and O–H groups in total. The van der Waals surface area contributed by atoms with E-state index in [-0.39, 0.29) is 0 Å². The first-order valence-electron chi connectivity index (χ1n) is 7.01. The highest BCUT2D eigenvalue weighted by Crippen LogP contribution is 2.29. The summed E-state index contributed by atoms with van der Waals surface area (Å²) in [6.07, 6.45) is 4.40. The molecule has 5 nitrogen and oxygen atoms in total. The summed E-state index contributed by atoms with van der Waals surface area (Å²) in [5.74, 6) is -2.62. The highest BCUT2D eigenvalue weighted by Gasteiger charge is 2.14. The Morgan fingerprint density at radius 2 is 1.81 bits per heavy atom. The Bertz CT molecular complexity index is 660. The number of nitrogens with one attached hydrogen (secondary N) is 1. The summed E-state index contributed by atoms with van der Waals surface area (Å²) in [6.45, 7) is 2.17. The molecule has 2 aromatic rings. The van der Waals surface area contributed by atoms with E-state index in [1.165, 1.54) is 47.8 Å². The zero-order valence-electron chi connectivity index (χ0n) is 12.0. The first-order valence-corrected chi connectivity index (χ1v) is 7.01. The van der Waals surface area contributed by atoms with Crippen LogP contribution in [-0.4, -0.2) is 27.1 Å². The van der Waals surface area contributed by atoms with Gasteiger partial charge in [-0.1, -0.05) is 11.6 Å². The van der Waals surface area contributed by atoms with Gasteiger partial charge in [0.2, 0.25) is 0 Å². The highest BCUT2D eigenvalue weighted by molar-refractivity contribution is 5.88. The van der Waals surface area contributed by atoms with Crippen LogP contribution in [0.2, 0.25) is 0 Å². The Morgan fingerprint density at radius 3 is 2.43 bits per heavy atom. The Balaban J connectivity index is 0.000000199. The third-order valence-corrected chi connectivity index (χ3v) is 3.56. The second-order valence-corrected chi connectivity index (χ2v) is 5.30. The molecule has 0 aliphatic heterocycles. The van der Waals surface area contributed by atoms with Gasteiger partial charge in [0.1, 0.15) is 6.42 Å². The van der Waals surface area contributed by atoms with Crippen molar-refractivity contribution in [1.82, 2.24) is 4.98 Å². The smallest absolute Gasteiger partial charge is 0.314 e. The van der Waals surface area contributed by atoms with Crippen molar-refractivity contribution in [1.29, 1.82) is 0 Å². The number of carbonyl (C=O) groups is 2. The van der Waals surface area contributed by atoms with Crippen LogP contribution in [0.4, 0.5) is 0 Å². The van der Waals surface area contributed by atoms with E-state index in [0.29, 0.717) is 0 Å². The van der Waals surface area contributed by atoms with Gasteiger partial charge >= 0.3 is 11.9 Å². The predicted octanol–water partition coefficient (Wildman–Crippen LogP) is 2.90. The van der Waals surface area contributed by atoms with Crippen LogP contribution in [0.5, 0.6) is 0 Å². The maximum Gasteiger partial charge on any atom is 0.314 e. The number of aromatic amines is 1. The van der Waals surface area contributed by atoms with Gasteiger partial charge in [-0.2, -0.15) is 0 Å². The summed E-state index contributed by atoms with van der Waals surface area (Å²) in [5.41, 5.74) is 5.75. The minimum atomic E-state index is -1.31. The molecular weight excluding hydrogens is 270 g/mol. The second-order valence-electron chi connectivity index (χ2n) is 5.30. The Labute approximate surface area is 122 Å². The van der Waals surface area contributed by atoms with Crippen molar-refractivity contribution >= 4 is 22.8 Å². The van der Waals surface area contributed by atoms with Crippen molar-refractivity contribution in [3.8, 4) is 0 Å². The number of benzene rings is 1. The summed E-state index contributed by atoms with van der Waals surface area (Å²) < 4.78 is 0. The van der Waals surface area contributed by atoms with Gasteiger partial charge in [-0.25, -0.2) is 0 Å². The van der Waals surface area contributed by atoms with Crippen molar-refractivity contribution in [3.63, 3.8) is 0 Å². The van der Waals surface area contributed by atoms with Gasteiger partial charge < -0.3 is 15.2 Å². The fourth-order valence-electron chi connectivity index (χ4n) is 2.65. The molecule has 0 amide bonds. The molecule has 0 atom stereocenters. The van der Waals surface area contributed by atoms with Crippen LogP contribution in [0.1, 0.15) is 36.1 Å². The maximum atomic E-state index is 9.43. The monoisotopic (exact) mass is 289 g/mol. The van der Waals surface area contributed by atoms with E-state index < -0.39 is 18.4 Å². The molecule has 1 aliphatic rings. The summed E-state index contributed by atoms with van der Waals surface area (Å²) in [5, 5.41) is 16.9. The number of hydrogen-bond acceptors (Lipinski definition) is 2. The lowest BCUT2D eigenvalue weighted by Crippen LogP contribution is -2.03. The van der Waals surface area contributed by atoms with Crippen molar-refractivity contribution in [2.24, 2.45) is 0 Å². The summed E-state index contributed by atoms with van der Waals surface area (Å²) in [4.78, 5) is 22.4. The van der Waals surface area contributed by atoms with Gasteiger partial charge in [0.05, 0.1) is 0 Å². The number of rotatable bonds is 2. The lowest BCUT2D eigenvalue weighted by atomic mass is 9.95. The predicted molar refractivity (Wildman–Crippen MR) is 79.6 cm³/mol. The van der Waals surface area contributed by atoms with Gasteiger partial charge in [-0.3, -0.25) is 9.59 Å². The fraction of sp³-hybridized carbons (Fsp3) is 0.375. The quantitative estimate of drug-likeness (QED) is 0.741. The van der Waals surface area contributed by atoms with Crippen molar-refractivity contribution in [2.45, 2.75) is 39.0 Å². The van der Waals surface area contributed by atoms with Crippen LogP contribution in [0.3, 0.4) is 0 Å². The van der Waals surface area contributed by atoms with Crippen LogP contribution >= 0.6 is 0 Å². The topological polar surface area (TPSA) is 90.4 Å². The van der Waals surface area contributed by atoms with Crippen molar-refractivity contribution in [3.05, 3.63) is 35.0 Å². The third kappa shape index (κ3) is 3.84. The van der Waals surface area contributed by atoms with E-state index >= 15 is 0 Å². The van der Waals surface area contributed by atoms with E-state index in [4.69, 9.17) is 10.2 Å². The van der Waals surface area contributed by atoms with E-state index in [0.717, 1.165) is 0 Å². The molecule has 3 rings (SSSR count). The van der Waals surface area contributed by atoms with Gasteiger partial charge in [0.15, 0.2) is 0 Å². The molecule has 0 saturated heterocycles. The summed E-state index contributed by atoms with van der Waals surface area (Å²) >= 11 is 0. The normalized spacial score (nSPS) is 13.2. The second kappa shape index (κ2) is 6.43. The van der Waals surface area contributed by atoms with E-state index in [2.05, 4.69) is 30.1 Å². The van der Waals surface area contributed by atoms with Gasteiger partial charge in [0, 0.05) is 16.6 Å². The number of carboxylic acid groups (broad SMARTS) is 2. The van der Waals surface area contributed by atoms with E-state index in [1.54, 1.807) is 5.56 Å². The zero-order valence-corrected chi connectivity index (χ0v) is 12.0. The van der Waals surface area contributed by atoms with Gasteiger partial charge in [-0.15, -0.1) is 0 Å². The number of hydrogen-bond donors (Lipinski definition) is 3. The molecule has 0 radical (unpaired) electrons. The fourth-order valence-corrected chi connectivity index (χ4v) is 2.65. The molecule has 21 heavy (non-hydrogen) atoms. The lowest BCUT2D eigenvalue weighted by molar-refractivity contribution is -0.147. The van der Waals surface area contributed by atoms with Gasteiger partial charge in [0.25, 0.3) is 0 Å². The average Bonchev–Trinajstić information content (AvgIpc) is 2.76. The summed E-state index contributed by atoms with van der Waals surface area (Å²) in [6, 6.07) is 6.71. The molecule has 0 saturated carbocycles. The van der Waals surface area contributed by atoms with E-state index in [9.17, 15) is 9.59 Å². The molecule has 0 fully saturated rings. The Hall–Kier alpha value is -2.30. The van der Waals surface area contributed by atoms with E-state index in [1.807, 2.05) is 0 Å². The molecule has 112 valence electrons. The van der Waals surface area contributed by atoms with Crippen LogP contribution in [0.15, 0.2) is 18.2 Å². The Morgan fingerprint density at radius 1 is 1.14 bits per heavy atom. The molecule has 1 aromatic heterocycles. The molecular formula is C16H19NO4. The molecule has 1 heterocycles. The van der Waals surface area contributed by atoms with Crippen LogP contribution < -0.4 is 0 Å². The van der Waals surface area contributed by atoms with Gasteiger partial charge in [-0.05, 0) is 50.3 Å². The number of fused-ring (bicyclic) bond motifs is 3. The largest absolute Gasteiger partial charge is 0.481 e. The first-order chi connectivity index (χ1) is 9.97. The lowest BCUT2D eigenvalue weighted by Gasteiger charge is -2.10. The molecule has 1 aliphatic carbocycles. The molecule has 0 bridgehead atoms. The van der Waals surface area contributed by atoms with Crippen LogP contribution in [0, 0.1) is 6.92 Å². The Kier molecular flexibility index (Phi) is 4.62. The van der Waals surface area contributed by atoms with Crippen LogP contribution in [0.25, 0.3) is 10.9 Å². The minimum Gasteiger partial charge on any atom is -0.481 e. The number of aryl methyl sites for hydroxylation is 3. The molecule has 0 unspecified atom stereocenters. The third-order valence-electron chi connectivity index (χ3n) is 3.56. The number of aromatic nitrogens is 1. The standard InChI is InChI=1S/C13H15N.C3H4O4/c1-9-6-7-13-11(8-9)10-4-2-3-5-12(10)14-13;4-2(5)1-3(6)7/h6-8,14H,2-5H2,1H3;1H2,(H,4,5)(H,6,7). The number of H-pyrrole nitrogens is 1. The molecule has 1 aromatic carbocycles. The number of carboxylic acids is 2. The highest BCUT2D eigenvalue weighted by atomic mass is 16.4. The first kappa shape index (κ1) is 15.1. The SMILES string of the molecule is Cc1ccc2[nH]c3c(c2c1)CCCC3.O=C(O)CC(=O)O. The maximum absolute atomic E-state index is 9.43. The van der Waals surface area contributed by atoms with Crippen molar-refractivity contribution in [2.75, 3.05) is 0 Å². The zero-order chi connectivity index (χ0) is 15.4. The summed E-state index contributed by atoms with van der Waals surface area (Å²) in [7, 11) is 0. The average molecular weight is 289 g/mol. The van der Waals surface area contributed by atoms with Crippen LogP contribution in [-0.2, 0) is 22.4 Å². The number of aliphatic carboxylic acids is 2. The van der Waals surface area contributed by atoms with Crippen molar-refractivity contribution < 1.29 is 19.8 Å².